The third kappa shape index (κ3) is 6.50. The van der Waals surface area contributed by atoms with E-state index < -0.39 is 24.1 Å². The fourth-order valence-electron chi connectivity index (χ4n) is 4.12. The van der Waals surface area contributed by atoms with Gasteiger partial charge in [0.25, 0.3) is 0 Å². The molecule has 0 bridgehead atoms. The molecule has 1 aromatic heterocycles. The molecule has 0 saturated heterocycles. The Kier molecular flexibility index (Phi) is 9.42. The molecule has 0 spiro atoms. The molecule has 8 nitrogen and oxygen atoms in total. The Balaban J connectivity index is 1.76. The highest BCUT2D eigenvalue weighted by atomic mass is 32.1. The molecule has 0 aliphatic heterocycles. The zero-order valence-electron chi connectivity index (χ0n) is 21.7. The fourth-order valence-corrected chi connectivity index (χ4v) is 4.87. The zero-order chi connectivity index (χ0) is 27.5. The van der Waals surface area contributed by atoms with Crippen LogP contribution in [0, 0.1) is 0 Å². The first-order valence-electron chi connectivity index (χ1n) is 12.5. The Morgan fingerprint density at radius 1 is 0.821 bits per heavy atom. The summed E-state index contributed by atoms with van der Waals surface area (Å²) in [5.41, 5.74) is 2.35. The van der Waals surface area contributed by atoms with Gasteiger partial charge in [-0.3, -0.25) is 0 Å². The van der Waals surface area contributed by atoms with Crippen LogP contribution >= 0.6 is 11.3 Å². The molecule has 200 valence electrons. The van der Waals surface area contributed by atoms with Gasteiger partial charge < -0.3 is 19.6 Å². The number of benzene rings is 3. The Hall–Kier alpha value is -4.50. The summed E-state index contributed by atoms with van der Waals surface area (Å²) in [6.45, 7) is 3.30. The van der Waals surface area contributed by atoms with Gasteiger partial charge in [-0.1, -0.05) is 96.2 Å². The van der Waals surface area contributed by atoms with Crippen molar-refractivity contribution in [3.05, 3.63) is 119 Å². The van der Waals surface area contributed by atoms with Crippen molar-refractivity contribution in [2.45, 2.75) is 19.4 Å². The first-order chi connectivity index (χ1) is 19.1. The Bertz CT molecular complexity index is 1300. The van der Waals surface area contributed by atoms with Crippen molar-refractivity contribution < 1.29 is 23.9 Å². The number of hydrogen-bond donors (Lipinski definition) is 1. The van der Waals surface area contributed by atoms with Crippen molar-refractivity contribution in [3.8, 4) is 0 Å². The molecule has 0 fully saturated rings. The van der Waals surface area contributed by atoms with Crippen LogP contribution in [0.4, 0.5) is 5.13 Å². The van der Waals surface area contributed by atoms with Crippen LogP contribution in [0.1, 0.15) is 36.2 Å². The summed E-state index contributed by atoms with van der Waals surface area (Å²) in [5.74, 6) is -1.30. The van der Waals surface area contributed by atoms with Gasteiger partial charge in [0.1, 0.15) is 11.2 Å². The largest absolute Gasteiger partial charge is 0.463 e. The maximum absolute atomic E-state index is 12.7. The molecule has 39 heavy (non-hydrogen) atoms. The third-order valence-corrected chi connectivity index (χ3v) is 6.53. The third-order valence-electron chi connectivity index (χ3n) is 5.77. The fraction of sp³-hybridized carbons (Fsp3) is 0.200. The van der Waals surface area contributed by atoms with Gasteiger partial charge >= 0.3 is 11.9 Å². The van der Waals surface area contributed by atoms with E-state index in [0.717, 1.165) is 16.7 Å². The average molecular weight is 544 g/mol. The van der Waals surface area contributed by atoms with Gasteiger partial charge in [-0.15, -0.1) is 11.3 Å². The molecule has 4 aromatic rings. The molecule has 9 heteroatoms. The first kappa shape index (κ1) is 27.5. The molecular weight excluding hydrogens is 514 g/mol. The topological polar surface area (TPSA) is 99.1 Å². The second kappa shape index (κ2) is 13.3. The maximum atomic E-state index is 12.7. The minimum Gasteiger partial charge on any atom is -0.463 e. The number of anilines is 1. The quantitative estimate of drug-likeness (QED) is 0.111. The van der Waals surface area contributed by atoms with Gasteiger partial charge in [0.05, 0.1) is 13.2 Å². The number of carbonyl (C=O) groups is 2. The molecule has 0 saturated carbocycles. The van der Waals surface area contributed by atoms with Crippen LogP contribution in [-0.2, 0) is 29.4 Å². The molecule has 3 aromatic carbocycles. The lowest BCUT2D eigenvalue weighted by molar-refractivity contribution is -0.148. The minimum atomic E-state index is -0.791. The summed E-state index contributed by atoms with van der Waals surface area (Å²) in [5, 5.41) is 9.78. The lowest BCUT2D eigenvalue weighted by Gasteiger charge is -2.36. The number of rotatable bonds is 12. The summed E-state index contributed by atoms with van der Waals surface area (Å²) in [6.07, 6.45) is 0. The number of oxime groups is 1. The van der Waals surface area contributed by atoms with E-state index in [4.69, 9.17) is 14.3 Å². The van der Waals surface area contributed by atoms with E-state index in [1.165, 1.54) is 11.3 Å². The molecule has 0 aliphatic rings. The van der Waals surface area contributed by atoms with Crippen molar-refractivity contribution in [3.63, 3.8) is 0 Å². The van der Waals surface area contributed by atoms with Gasteiger partial charge in [-0.05, 0) is 30.5 Å². The number of nitrogens with one attached hydrogen (secondary N) is 1. The molecule has 0 radical (unpaired) electrons. The van der Waals surface area contributed by atoms with Crippen molar-refractivity contribution in [1.29, 1.82) is 0 Å². The molecule has 1 heterocycles. The minimum absolute atomic E-state index is 0.143. The predicted molar refractivity (Wildman–Crippen MR) is 151 cm³/mol. The highest BCUT2D eigenvalue weighted by molar-refractivity contribution is 7.14. The summed E-state index contributed by atoms with van der Waals surface area (Å²) in [4.78, 5) is 34.2. The van der Waals surface area contributed by atoms with E-state index in [-0.39, 0.29) is 24.6 Å². The van der Waals surface area contributed by atoms with Crippen molar-refractivity contribution >= 4 is 34.1 Å². The number of carbonyl (C=O) groups excluding carboxylic acids is 2. The van der Waals surface area contributed by atoms with E-state index in [9.17, 15) is 9.59 Å². The monoisotopic (exact) mass is 543 g/mol. The summed E-state index contributed by atoms with van der Waals surface area (Å²) >= 11 is 1.31. The van der Waals surface area contributed by atoms with Crippen molar-refractivity contribution in [1.82, 2.24) is 4.98 Å². The maximum Gasteiger partial charge on any atom is 0.362 e. The smallest absolute Gasteiger partial charge is 0.362 e. The van der Waals surface area contributed by atoms with Gasteiger partial charge in [-0.2, -0.15) is 0 Å². The number of ether oxygens (including phenoxy) is 2. The number of esters is 2. The average Bonchev–Trinajstić information content (AvgIpc) is 3.43. The first-order valence-corrected chi connectivity index (χ1v) is 13.4. The molecule has 0 atom stereocenters. The van der Waals surface area contributed by atoms with E-state index in [2.05, 4.69) is 51.9 Å². The van der Waals surface area contributed by atoms with Crippen LogP contribution in [0.2, 0.25) is 0 Å². The summed E-state index contributed by atoms with van der Waals surface area (Å²) in [7, 11) is 0. The second-order valence-corrected chi connectivity index (χ2v) is 9.11. The van der Waals surface area contributed by atoms with Crippen LogP contribution in [0.3, 0.4) is 0 Å². The van der Waals surface area contributed by atoms with E-state index in [0.29, 0.717) is 5.13 Å². The lowest BCUT2D eigenvalue weighted by atomic mass is 9.77. The zero-order valence-corrected chi connectivity index (χ0v) is 22.5. The summed E-state index contributed by atoms with van der Waals surface area (Å²) < 4.78 is 10.0. The molecule has 0 amide bonds. The van der Waals surface area contributed by atoms with Crippen LogP contribution in [0.15, 0.2) is 102 Å². The van der Waals surface area contributed by atoms with Crippen LogP contribution < -0.4 is 5.32 Å². The standard InChI is InChI=1S/C30H29N3O5S/c1-3-36-26(34)20-38-33-27(28(35)37-4-2)25-21-39-29(31-25)32-30(22-14-8-5-9-15-22,23-16-10-6-11-17-23)24-18-12-7-13-19-24/h5-19,21H,3-4,20H2,1-2H3,(H,31,32). The number of aromatic nitrogens is 1. The SMILES string of the molecule is CCOC(=O)CON=C(C(=O)OCC)c1csc(NC(c2ccccc2)(c2ccccc2)c2ccccc2)n1. The van der Waals surface area contributed by atoms with Gasteiger partial charge in [0.15, 0.2) is 5.13 Å². The number of thiazole rings is 1. The van der Waals surface area contributed by atoms with Crippen molar-refractivity contribution in [2.24, 2.45) is 5.16 Å². The van der Waals surface area contributed by atoms with Crippen LogP contribution in [0.5, 0.6) is 0 Å². The Morgan fingerprint density at radius 3 is 1.82 bits per heavy atom. The highest BCUT2D eigenvalue weighted by Crippen LogP contribution is 2.40. The highest BCUT2D eigenvalue weighted by Gasteiger charge is 2.37. The molecule has 1 N–H and O–H groups in total. The number of nitrogens with zero attached hydrogens (tertiary/aromatic N) is 2. The van der Waals surface area contributed by atoms with E-state index in [1.807, 2.05) is 54.6 Å². The Labute approximate surface area is 231 Å². The van der Waals surface area contributed by atoms with Gasteiger partial charge in [-0.25, -0.2) is 14.6 Å². The van der Waals surface area contributed by atoms with Crippen LogP contribution in [0.25, 0.3) is 0 Å². The predicted octanol–water partition coefficient (Wildman–Crippen LogP) is 5.39. The van der Waals surface area contributed by atoms with E-state index in [1.54, 1.807) is 19.2 Å². The number of hydrogen-bond acceptors (Lipinski definition) is 9. The van der Waals surface area contributed by atoms with Crippen molar-refractivity contribution in [2.75, 3.05) is 25.1 Å². The molecule has 0 unspecified atom stereocenters. The lowest BCUT2D eigenvalue weighted by Crippen LogP contribution is -2.38. The summed E-state index contributed by atoms with van der Waals surface area (Å²) in [6, 6.07) is 30.3. The van der Waals surface area contributed by atoms with Crippen LogP contribution in [-0.4, -0.2) is 42.5 Å². The molecule has 0 aliphatic carbocycles. The van der Waals surface area contributed by atoms with Gasteiger partial charge in [0, 0.05) is 5.38 Å². The molecular formula is C30H29N3O5S. The van der Waals surface area contributed by atoms with Gasteiger partial charge in [0.2, 0.25) is 12.3 Å². The van der Waals surface area contributed by atoms with E-state index >= 15 is 0 Å². The normalized spacial score (nSPS) is 11.5. The Morgan fingerprint density at radius 2 is 1.33 bits per heavy atom. The molecule has 4 rings (SSSR count). The second-order valence-electron chi connectivity index (χ2n) is 8.25.